The van der Waals surface area contributed by atoms with Crippen molar-refractivity contribution in [3.63, 3.8) is 0 Å². The number of ether oxygens (including phenoxy) is 3. The maximum atomic E-state index is 13.0. The molecule has 1 aromatic carbocycles. The van der Waals surface area contributed by atoms with Crippen molar-refractivity contribution in [2.24, 2.45) is 4.99 Å². The fraction of sp³-hybridized carbons (Fsp3) is 0.458. The van der Waals surface area contributed by atoms with E-state index in [1.165, 1.54) is 18.9 Å². The molecule has 0 unspecified atom stereocenters. The molecule has 0 bridgehead atoms. The maximum absolute atomic E-state index is 13.0. The molecule has 0 spiro atoms. The molecule has 0 radical (unpaired) electrons. The van der Waals surface area contributed by atoms with Crippen LogP contribution in [0.25, 0.3) is 0 Å². The average molecular weight is 472 g/mol. The number of thioether (sulfide) groups is 1. The lowest BCUT2D eigenvalue weighted by Gasteiger charge is -2.37. The van der Waals surface area contributed by atoms with Gasteiger partial charge < -0.3 is 24.4 Å². The van der Waals surface area contributed by atoms with E-state index in [0.717, 1.165) is 35.9 Å². The highest BCUT2D eigenvalue weighted by Crippen LogP contribution is 2.47. The predicted octanol–water partition coefficient (Wildman–Crippen LogP) is 3.52. The van der Waals surface area contributed by atoms with E-state index in [0.29, 0.717) is 30.0 Å². The normalized spacial score (nSPS) is 22.0. The summed E-state index contributed by atoms with van der Waals surface area (Å²) < 4.78 is 16.4. The number of amidine groups is 1. The zero-order valence-corrected chi connectivity index (χ0v) is 19.9. The van der Waals surface area contributed by atoms with E-state index in [-0.39, 0.29) is 18.4 Å². The Kier molecular flexibility index (Phi) is 7.39. The van der Waals surface area contributed by atoms with Crippen molar-refractivity contribution >= 4 is 28.8 Å². The lowest BCUT2D eigenvalue weighted by Crippen LogP contribution is -2.39. The molecule has 3 aliphatic heterocycles. The first-order chi connectivity index (χ1) is 16.1. The number of fused-ring (bicyclic) bond motifs is 1. The van der Waals surface area contributed by atoms with Crippen molar-refractivity contribution in [2.45, 2.75) is 44.8 Å². The molecule has 8 nitrogen and oxygen atoms in total. The van der Waals surface area contributed by atoms with Crippen LogP contribution in [0.1, 0.15) is 44.2 Å². The number of benzene rings is 1. The molecule has 1 N–H and O–H groups in total. The molecule has 0 aromatic heterocycles. The van der Waals surface area contributed by atoms with Crippen molar-refractivity contribution in [1.82, 2.24) is 10.2 Å². The minimum Gasteiger partial charge on any atom is -0.496 e. The molecule has 1 amide bonds. The number of para-hydroxylation sites is 1. The number of carbonyl (C=O) groups excluding carboxylic acids is 2. The Morgan fingerprint density at radius 2 is 2.12 bits per heavy atom. The van der Waals surface area contributed by atoms with Crippen LogP contribution in [-0.2, 0) is 19.1 Å². The number of hydrogen-bond donors (Lipinski definition) is 1. The monoisotopic (exact) mass is 471 g/mol. The van der Waals surface area contributed by atoms with Crippen LogP contribution < -0.4 is 10.1 Å². The van der Waals surface area contributed by atoms with Crippen LogP contribution in [0.5, 0.6) is 5.75 Å². The summed E-state index contributed by atoms with van der Waals surface area (Å²) in [7, 11) is 2.97. The summed E-state index contributed by atoms with van der Waals surface area (Å²) in [4.78, 5) is 32.4. The lowest BCUT2D eigenvalue weighted by atomic mass is 9.92. The largest absolute Gasteiger partial charge is 0.496 e. The van der Waals surface area contributed by atoms with E-state index < -0.39 is 12.0 Å². The number of esters is 1. The van der Waals surface area contributed by atoms with Gasteiger partial charge in [-0.3, -0.25) is 4.79 Å². The van der Waals surface area contributed by atoms with Gasteiger partial charge >= 0.3 is 5.97 Å². The van der Waals surface area contributed by atoms with Gasteiger partial charge in [0.25, 0.3) is 0 Å². The van der Waals surface area contributed by atoms with Crippen molar-refractivity contribution in [3.8, 4) is 5.75 Å². The minimum atomic E-state index is -0.511. The van der Waals surface area contributed by atoms with Crippen LogP contribution >= 0.6 is 11.8 Å². The zero-order chi connectivity index (χ0) is 23.4. The molecule has 176 valence electrons. The van der Waals surface area contributed by atoms with E-state index in [1.807, 2.05) is 41.5 Å². The number of hydrogen-bond acceptors (Lipinski definition) is 8. The molecule has 1 saturated heterocycles. The van der Waals surface area contributed by atoms with E-state index >= 15 is 0 Å². The molecule has 3 heterocycles. The summed E-state index contributed by atoms with van der Waals surface area (Å²) in [6.45, 7) is 3.21. The van der Waals surface area contributed by atoms with Gasteiger partial charge in [-0.25, -0.2) is 9.79 Å². The number of aliphatic imine (C=N–C) groups is 1. The summed E-state index contributed by atoms with van der Waals surface area (Å²) in [6, 6.07) is 7.08. The molecule has 33 heavy (non-hydrogen) atoms. The standard InChI is InChI=1S/C24H29N3O5S/c1-4-18-21(23(29)31-3)22(17-9-5-6-10-19(17)30-2)27-15(14-33-24(27)26-18)12-20(28)25-13-16-8-7-11-32-16/h5-6,9-10,14,16,22H,4,7-8,11-13H2,1-3H3,(H,25,28)/t16-,22-/m0/s1. The highest BCUT2D eigenvalue weighted by Gasteiger charge is 2.42. The average Bonchev–Trinajstić information content (AvgIpc) is 3.51. The van der Waals surface area contributed by atoms with Gasteiger partial charge in [-0.05, 0) is 30.7 Å². The molecule has 0 saturated carbocycles. The van der Waals surface area contributed by atoms with E-state index in [4.69, 9.17) is 19.2 Å². The fourth-order valence-corrected chi connectivity index (χ4v) is 5.30. The molecule has 0 aliphatic carbocycles. The zero-order valence-electron chi connectivity index (χ0n) is 19.1. The summed E-state index contributed by atoms with van der Waals surface area (Å²) in [5, 5.41) is 5.64. The van der Waals surface area contributed by atoms with E-state index in [2.05, 4.69) is 5.32 Å². The number of nitrogens with one attached hydrogen (secondary N) is 1. The Labute approximate surface area is 198 Å². The first-order valence-corrected chi connectivity index (χ1v) is 12.0. The third-order valence-corrected chi connectivity index (χ3v) is 6.84. The number of amides is 1. The van der Waals surface area contributed by atoms with Crippen LogP contribution in [0.2, 0.25) is 0 Å². The first kappa shape index (κ1) is 23.4. The Bertz CT molecular complexity index is 1010. The van der Waals surface area contributed by atoms with Crippen LogP contribution in [-0.4, -0.2) is 55.4 Å². The highest BCUT2D eigenvalue weighted by molar-refractivity contribution is 8.16. The van der Waals surface area contributed by atoms with Gasteiger partial charge in [-0.15, -0.1) is 0 Å². The minimum absolute atomic E-state index is 0.0790. The SMILES string of the molecule is CCC1=C(C(=O)OC)[C@H](c2ccccc2OC)N2C(CC(=O)NC[C@@H]3CCCO3)=CSC2=N1. The molecular formula is C24H29N3O5S. The molecule has 3 aliphatic rings. The molecular weight excluding hydrogens is 442 g/mol. The topological polar surface area (TPSA) is 89.5 Å². The van der Waals surface area contributed by atoms with Gasteiger partial charge in [-0.1, -0.05) is 36.9 Å². The van der Waals surface area contributed by atoms with Crippen molar-refractivity contribution in [2.75, 3.05) is 27.4 Å². The van der Waals surface area contributed by atoms with Gasteiger partial charge in [0.15, 0.2) is 5.17 Å². The Morgan fingerprint density at radius 1 is 1.30 bits per heavy atom. The quantitative estimate of drug-likeness (QED) is 0.580. The van der Waals surface area contributed by atoms with Gasteiger partial charge in [0.05, 0.1) is 44.1 Å². The summed E-state index contributed by atoms with van der Waals surface area (Å²) in [5.74, 6) is 0.117. The number of nitrogens with zero attached hydrogens (tertiary/aromatic N) is 2. The van der Waals surface area contributed by atoms with Crippen LogP contribution in [0.4, 0.5) is 0 Å². The van der Waals surface area contributed by atoms with Gasteiger partial charge in [0.2, 0.25) is 5.91 Å². The van der Waals surface area contributed by atoms with Crippen LogP contribution in [0.3, 0.4) is 0 Å². The number of methoxy groups -OCH3 is 2. The third kappa shape index (κ3) is 4.79. The fourth-order valence-electron chi connectivity index (χ4n) is 4.36. The second kappa shape index (κ2) is 10.4. The van der Waals surface area contributed by atoms with Crippen molar-refractivity contribution < 1.29 is 23.8 Å². The van der Waals surface area contributed by atoms with Crippen LogP contribution in [0, 0.1) is 0 Å². The highest BCUT2D eigenvalue weighted by atomic mass is 32.2. The summed E-state index contributed by atoms with van der Waals surface area (Å²) in [5.41, 5.74) is 2.72. The summed E-state index contributed by atoms with van der Waals surface area (Å²) in [6.07, 6.45) is 2.81. The number of carbonyl (C=O) groups is 2. The van der Waals surface area contributed by atoms with Gasteiger partial charge in [-0.2, -0.15) is 0 Å². The molecule has 4 rings (SSSR count). The molecule has 2 atom stereocenters. The second-order valence-corrected chi connectivity index (χ2v) is 8.79. The summed E-state index contributed by atoms with van der Waals surface area (Å²) >= 11 is 1.45. The van der Waals surface area contributed by atoms with Crippen molar-refractivity contribution in [1.29, 1.82) is 0 Å². The maximum Gasteiger partial charge on any atom is 0.338 e. The predicted molar refractivity (Wildman–Crippen MR) is 127 cm³/mol. The van der Waals surface area contributed by atoms with E-state index in [1.54, 1.807) is 7.11 Å². The third-order valence-electron chi connectivity index (χ3n) is 5.96. The Morgan fingerprint density at radius 3 is 2.82 bits per heavy atom. The number of rotatable bonds is 8. The lowest BCUT2D eigenvalue weighted by molar-refractivity contribution is -0.136. The van der Waals surface area contributed by atoms with E-state index in [9.17, 15) is 9.59 Å². The second-order valence-electron chi connectivity index (χ2n) is 7.96. The van der Waals surface area contributed by atoms with Gasteiger partial charge in [0, 0.05) is 24.4 Å². The Balaban J connectivity index is 1.66. The first-order valence-electron chi connectivity index (χ1n) is 11.1. The Hall–Kier alpha value is -2.78. The smallest absolute Gasteiger partial charge is 0.338 e. The molecule has 9 heteroatoms. The molecule has 1 fully saturated rings. The number of allylic oxidation sites excluding steroid dienone is 1. The van der Waals surface area contributed by atoms with Crippen molar-refractivity contribution in [3.05, 3.63) is 52.2 Å². The van der Waals surface area contributed by atoms with Gasteiger partial charge in [0.1, 0.15) is 5.75 Å². The van der Waals surface area contributed by atoms with Crippen LogP contribution in [0.15, 0.2) is 51.6 Å². The molecule has 1 aromatic rings.